The molecule has 0 aliphatic heterocycles. The fourth-order valence-electron chi connectivity index (χ4n) is 4.89. The topological polar surface area (TPSA) is 21.3 Å². The molecule has 1 N–H and O–H groups in total. The molecule has 29 heavy (non-hydrogen) atoms. The highest BCUT2D eigenvalue weighted by molar-refractivity contribution is 5.33. The van der Waals surface area contributed by atoms with Crippen LogP contribution in [0.4, 0.5) is 4.39 Å². The van der Waals surface area contributed by atoms with Gasteiger partial charge in [-0.3, -0.25) is 0 Å². The molecule has 2 aliphatic rings. The lowest BCUT2D eigenvalue weighted by atomic mass is 9.77. The summed E-state index contributed by atoms with van der Waals surface area (Å²) >= 11 is 0. The molecule has 1 atom stereocenters. The summed E-state index contributed by atoms with van der Waals surface area (Å²) in [5, 5.41) is 3.69. The number of nitrogens with one attached hydrogen (secondary N) is 1. The van der Waals surface area contributed by atoms with Gasteiger partial charge in [0.25, 0.3) is 0 Å². The highest BCUT2D eigenvalue weighted by Crippen LogP contribution is 2.45. The van der Waals surface area contributed by atoms with Crippen LogP contribution in [0.2, 0.25) is 0 Å². The Hall–Kier alpha value is -1.87. The van der Waals surface area contributed by atoms with Gasteiger partial charge in [-0.15, -0.1) is 0 Å². The van der Waals surface area contributed by atoms with E-state index in [4.69, 9.17) is 4.74 Å². The van der Waals surface area contributed by atoms with E-state index in [1.807, 2.05) is 24.3 Å². The molecule has 0 bridgehead atoms. The minimum atomic E-state index is -0.215. The second kappa shape index (κ2) is 9.75. The first-order chi connectivity index (χ1) is 14.2. The van der Waals surface area contributed by atoms with Gasteiger partial charge in [0.05, 0.1) is 0 Å². The lowest BCUT2D eigenvalue weighted by Crippen LogP contribution is -2.29. The van der Waals surface area contributed by atoms with Crippen LogP contribution in [0.15, 0.2) is 48.5 Å². The van der Waals surface area contributed by atoms with E-state index in [2.05, 4.69) is 18.3 Å². The van der Waals surface area contributed by atoms with Crippen LogP contribution < -0.4 is 10.1 Å². The van der Waals surface area contributed by atoms with E-state index in [9.17, 15) is 4.39 Å². The second-order valence-corrected chi connectivity index (χ2v) is 9.12. The zero-order valence-electron chi connectivity index (χ0n) is 17.6. The molecule has 2 aromatic carbocycles. The quantitative estimate of drug-likeness (QED) is 0.524. The predicted molar refractivity (Wildman–Crippen MR) is 116 cm³/mol. The van der Waals surface area contributed by atoms with Gasteiger partial charge in [0.15, 0.2) is 0 Å². The van der Waals surface area contributed by atoms with Gasteiger partial charge in [-0.1, -0.05) is 49.2 Å². The van der Waals surface area contributed by atoms with Gasteiger partial charge in [-0.25, -0.2) is 4.39 Å². The van der Waals surface area contributed by atoms with Crippen LogP contribution in [0.1, 0.15) is 63.0 Å². The van der Waals surface area contributed by atoms with Crippen LogP contribution >= 0.6 is 0 Å². The number of rotatable bonds is 9. The molecule has 4 rings (SSSR count). The normalized spacial score (nSPS) is 23.0. The molecule has 0 heterocycles. The van der Waals surface area contributed by atoms with Crippen molar-refractivity contribution in [1.29, 1.82) is 0 Å². The highest BCUT2D eigenvalue weighted by Gasteiger charge is 2.34. The summed E-state index contributed by atoms with van der Waals surface area (Å²) in [6.07, 6.45) is 9.97. The molecule has 3 heteroatoms. The summed E-state index contributed by atoms with van der Waals surface area (Å²) in [6, 6.07) is 15.4. The van der Waals surface area contributed by atoms with Crippen molar-refractivity contribution < 1.29 is 9.13 Å². The molecule has 2 nitrogen and oxygen atoms in total. The van der Waals surface area contributed by atoms with Crippen molar-refractivity contribution in [1.82, 2.24) is 5.32 Å². The van der Waals surface area contributed by atoms with Crippen molar-refractivity contribution in [3.8, 4) is 5.75 Å². The molecule has 0 amide bonds. The van der Waals surface area contributed by atoms with Crippen molar-refractivity contribution in [3.05, 3.63) is 65.5 Å². The molecule has 2 aliphatic carbocycles. The van der Waals surface area contributed by atoms with Crippen molar-refractivity contribution in [3.63, 3.8) is 0 Å². The van der Waals surface area contributed by atoms with Gasteiger partial charge in [0.2, 0.25) is 0 Å². The maximum atomic E-state index is 13.8. The Morgan fingerprint density at radius 2 is 1.52 bits per heavy atom. The lowest BCUT2D eigenvalue weighted by molar-refractivity contribution is 0.228. The van der Waals surface area contributed by atoms with Gasteiger partial charge in [0, 0.05) is 23.7 Å². The molecule has 0 saturated heterocycles. The Morgan fingerprint density at radius 1 is 0.897 bits per heavy atom. The Balaban J connectivity index is 1.24. The molecule has 2 fully saturated rings. The molecule has 2 saturated carbocycles. The highest BCUT2D eigenvalue weighted by atomic mass is 19.1. The third kappa shape index (κ3) is 5.82. The first kappa shape index (κ1) is 20.4. The van der Waals surface area contributed by atoms with Gasteiger partial charge < -0.3 is 10.1 Å². The Morgan fingerprint density at radius 3 is 2.21 bits per heavy atom. The van der Waals surface area contributed by atoms with Crippen LogP contribution in [0.5, 0.6) is 5.75 Å². The van der Waals surface area contributed by atoms with Gasteiger partial charge in [0.1, 0.15) is 18.2 Å². The van der Waals surface area contributed by atoms with Gasteiger partial charge in [-0.05, 0) is 68.9 Å². The number of benzene rings is 2. The van der Waals surface area contributed by atoms with Crippen molar-refractivity contribution >= 4 is 0 Å². The fourth-order valence-corrected chi connectivity index (χ4v) is 4.89. The zero-order chi connectivity index (χ0) is 20.1. The summed E-state index contributed by atoms with van der Waals surface area (Å²) < 4.78 is 19.8. The van der Waals surface area contributed by atoms with Crippen LogP contribution in [0.3, 0.4) is 0 Å². The first-order valence-electron chi connectivity index (χ1n) is 11.4. The van der Waals surface area contributed by atoms with Gasteiger partial charge in [-0.2, -0.15) is 0 Å². The van der Waals surface area contributed by atoms with E-state index in [1.54, 1.807) is 12.1 Å². The van der Waals surface area contributed by atoms with E-state index in [0.29, 0.717) is 11.6 Å². The zero-order valence-corrected chi connectivity index (χ0v) is 17.6. The summed E-state index contributed by atoms with van der Waals surface area (Å²) in [7, 11) is 0. The summed E-state index contributed by atoms with van der Waals surface area (Å²) in [6.45, 7) is 3.34. The molecule has 0 aromatic heterocycles. The Labute approximate surface area is 174 Å². The summed E-state index contributed by atoms with van der Waals surface area (Å²) in [4.78, 5) is 0. The third-order valence-corrected chi connectivity index (χ3v) is 6.82. The van der Waals surface area contributed by atoms with Crippen LogP contribution in [0, 0.1) is 23.6 Å². The lowest BCUT2D eigenvalue weighted by Gasteiger charge is -2.30. The molecular weight excluding hydrogens is 361 g/mol. The Bertz CT molecular complexity index is 780. The van der Waals surface area contributed by atoms with E-state index in [-0.39, 0.29) is 12.4 Å². The van der Waals surface area contributed by atoms with Crippen molar-refractivity contribution in [2.24, 2.45) is 17.8 Å². The summed E-state index contributed by atoms with van der Waals surface area (Å²) in [5.74, 6) is 3.61. The Kier molecular flexibility index (Phi) is 6.86. The average molecular weight is 396 g/mol. The summed E-state index contributed by atoms with van der Waals surface area (Å²) in [5.41, 5.74) is 1.72. The number of halogens is 1. The van der Waals surface area contributed by atoms with E-state index < -0.39 is 0 Å². The predicted octanol–water partition coefficient (Wildman–Crippen LogP) is 6.49. The van der Waals surface area contributed by atoms with Crippen molar-refractivity contribution in [2.45, 2.75) is 71.1 Å². The molecular formula is C26H34FNO. The first-order valence-corrected chi connectivity index (χ1v) is 11.4. The fraction of sp³-hybridized carbons (Fsp3) is 0.538. The standard InChI is InChI=1S/C26H34FNO/c1-19(16-20-10-12-21(13-11-20)22-14-15-22)28-17-23-6-3-5-9-26(23)29-18-24-7-2-4-8-25(24)27/h2-9,19-22,28H,10-18H2,1H3. The average Bonchev–Trinajstić information content (AvgIpc) is 3.58. The monoisotopic (exact) mass is 395 g/mol. The third-order valence-electron chi connectivity index (χ3n) is 6.82. The van der Waals surface area contributed by atoms with E-state index >= 15 is 0 Å². The molecule has 2 aromatic rings. The maximum Gasteiger partial charge on any atom is 0.129 e. The maximum absolute atomic E-state index is 13.8. The largest absolute Gasteiger partial charge is 0.488 e. The van der Waals surface area contributed by atoms with Crippen LogP contribution in [-0.4, -0.2) is 6.04 Å². The van der Waals surface area contributed by atoms with Crippen LogP contribution in [-0.2, 0) is 13.2 Å². The minimum Gasteiger partial charge on any atom is -0.488 e. The second-order valence-electron chi connectivity index (χ2n) is 9.12. The molecule has 1 unspecified atom stereocenters. The molecule has 156 valence electrons. The molecule has 0 spiro atoms. The van der Waals surface area contributed by atoms with Gasteiger partial charge >= 0.3 is 0 Å². The number of para-hydroxylation sites is 1. The minimum absolute atomic E-state index is 0.215. The van der Waals surface area contributed by atoms with Crippen LogP contribution in [0.25, 0.3) is 0 Å². The number of ether oxygens (including phenoxy) is 1. The van der Waals surface area contributed by atoms with E-state index in [0.717, 1.165) is 35.6 Å². The van der Waals surface area contributed by atoms with E-state index in [1.165, 1.54) is 51.0 Å². The SMILES string of the molecule is CC(CC1CCC(C2CC2)CC1)NCc1ccccc1OCc1ccccc1F. The molecule has 0 radical (unpaired) electrons. The van der Waals surface area contributed by atoms with Crippen molar-refractivity contribution in [2.75, 3.05) is 0 Å². The number of hydrogen-bond donors (Lipinski definition) is 1. The smallest absolute Gasteiger partial charge is 0.129 e. The number of hydrogen-bond acceptors (Lipinski definition) is 2.